The van der Waals surface area contributed by atoms with Gasteiger partial charge in [0.25, 0.3) is 5.91 Å². The molecule has 3 aromatic rings. The monoisotopic (exact) mass is 448 g/mol. The molecule has 8 heteroatoms. The topological polar surface area (TPSA) is 69.9 Å². The van der Waals surface area contributed by atoms with Gasteiger partial charge in [-0.3, -0.25) is 9.59 Å². The lowest BCUT2D eigenvalue weighted by Gasteiger charge is -2.08. The van der Waals surface area contributed by atoms with Gasteiger partial charge in [-0.25, -0.2) is 0 Å². The fourth-order valence-corrected chi connectivity index (χ4v) is 3.88. The van der Waals surface area contributed by atoms with Gasteiger partial charge in [-0.05, 0) is 43.3 Å². The minimum Gasteiger partial charge on any atom is -0.495 e. The third-order valence-corrected chi connectivity index (χ3v) is 5.34. The van der Waals surface area contributed by atoms with Crippen LogP contribution in [-0.4, -0.2) is 30.2 Å². The molecule has 0 atom stereocenters. The third-order valence-electron chi connectivity index (χ3n) is 3.76. The number of amides is 1. The van der Waals surface area contributed by atoms with Crippen LogP contribution in [0.3, 0.4) is 0 Å². The number of halogens is 1. The average Bonchev–Trinajstić information content (AvgIpc) is 2.99. The first-order valence-corrected chi connectivity index (χ1v) is 9.81. The van der Waals surface area contributed by atoms with Crippen LogP contribution in [0.2, 0.25) is 0 Å². The Morgan fingerprint density at radius 3 is 2.59 bits per heavy atom. The number of hydrogen-bond acceptors (Lipinski definition) is 5. The average molecular weight is 449 g/mol. The summed E-state index contributed by atoms with van der Waals surface area (Å²) in [6, 6.07) is 12.5. The lowest BCUT2D eigenvalue weighted by atomic mass is 10.2. The van der Waals surface area contributed by atoms with Crippen LogP contribution in [0, 0.1) is 0 Å². The van der Waals surface area contributed by atoms with Crippen molar-refractivity contribution in [3.8, 4) is 5.75 Å². The number of aromatic nitrogens is 1. The Kier molecular flexibility index (Phi) is 6.08. The van der Waals surface area contributed by atoms with E-state index < -0.39 is 5.97 Å². The van der Waals surface area contributed by atoms with Crippen molar-refractivity contribution in [2.75, 3.05) is 13.7 Å². The Bertz CT molecular complexity index is 1050. The summed E-state index contributed by atoms with van der Waals surface area (Å²) in [7, 11) is 1.56. The highest BCUT2D eigenvalue weighted by Gasteiger charge is 2.16. The summed E-state index contributed by atoms with van der Waals surface area (Å²) in [4.78, 5) is 29.3. The van der Waals surface area contributed by atoms with Gasteiger partial charge in [0.05, 0.1) is 18.4 Å². The molecule has 6 nitrogen and oxygen atoms in total. The maximum atomic E-state index is 12.6. The predicted molar refractivity (Wildman–Crippen MR) is 107 cm³/mol. The quantitative estimate of drug-likeness (QED) is 0.556. The molecule has 0 aliphatic heterocycles. The molecule has 0 aliphatic carbocycles. The normalized spacial score (nSPS) is 11.6. The molecule has 0 saturated carbocycles. The Morgan fingerprint density at radius 2 is 1.93 bits per heavy atom. The fourth-order valence-electron chi connectivity index (χ4n) is 2.57. The number of fused-ring (bicyclic) bond motifs is 1. The first-order valence-electron chi connectivity index (χ1n) is 8.20. The summed E-state index contributed by atoms with van der Waals surface area (Å²) in [6.07, 6.45) is 0. The maximum absolute atomic E-state index is 12.6. The van der Waals surface area contributed by atoms with Crippen LogP contribution in [0.1, 0.15) is 17.3 Å². The van der Waals surface area contributed by atoms with Crippen LogP contribution in [0.4, 0.5) is 0 Å². The molecule has 3 rings (SSSR count). The summed E-state index contributed by atoms with van der Waals surface area (Å²) < 4.78 is 13.9. The number of para-hydroxylation sites is 1. The highest BCUT2D eigenvalue weighted by Crippen LogP contribution is 2.27. The Labute approximate surface area is 168 Å². The molecule has 1 heterocycles. The molecule has 1 aromatic heterocycles. The first-order chi connectivity index (χ1) is 13.0. The standard InChI is InChI=1S/C19H17BrN2O4S/c1-3-26-16(23)11-22-17-14(25-2)5-4-6-15(17)27-19(22)21-18(24)12-7-9-13(20)10-8-12/h4-10H,3,11H2,1-2H3. The van der Waals surface area contributed by atoms with E-state index in [-0.39, 0.29) is 19.1 Å². The number of carbonyl (C=O) groups is 2. The smallest absolute Gasteiger partial charge is 0.326 e. The third kappa shape index (κ3) is 4.28. The summed E-state index contributed by atoms with van der Waals surface area (Å²) in [5, 5.41) is 0. The van der Waals surface area contributed by atoms with Crippen molar-refractivity contribution in [2.45, 2.75) is 13.5 Å². The molecule has 2 aromatic carbocycles. The van der Waals surface area contributed by atoms with Gasteiger partial charge in [-0.1, -0.05) is 33.3 Å². The molecule has 0 bridgehead atoms. The van der Waals surface area contributed by atoms with E-state index in [1.165, 1.54) is 11.3 Å². The van der Waals surface area contributed by atoms with Gasteiger partial charge in [-0.2, -0.15) is 4.99 Å². The zero-order valence-corrected chi connectivity index (χ0v) is 17.2. The number of thiazole rings is 1. The van der Waals surface area contributed by atoms with E-state index in [1.54, 1.807) is 48.9 Å². The molecular formula is C19H17BrN2O4S. The van der Waals surface area contributed by atoms with Crippen LogP contribution < -0.4 is 9.54 Å². The van der Waals surface area contributed by atoms with Crippen molar-refractivity contribution in [1.29, 1.82) is 0 Å². The largest absolute Gasteiger partial charge is 0.495 e. The van der Waals surface area contributed by atoms with Gasteiger partial charge >= 0.3 is 5.97 Å². The number of hydrogen-bond donors (Lipinski definition) is 0. The molecule has 0 radical (unpaired) electrons. The predicted octanol–water partition coefficient (Wildman–Crippen LogP) is 3.78. The number of carbonyl (C=O) groups excluding carboxylic acids is 2. The Balaban J connectivity index is 2.14. The summed E-state index contributed by atoms with van der Waals surface area (Å²) in [6.45, 7) is 1.97. The van der Waals surface area contributed by atoms with Crippen LogP contribution in [0.15, 0.2) is 51.9 Å². The van der Waals surface area contributed by atoms with Crippen LogP contribution in [0.25, 0.3) is 10.2 Å². The molecule has 0 saturated heterocycles. The molecule has 0 N–H and O–H groups in total. The van der Waals surface area contributed by atoms with Crippen molar-refractivity contribution in [3.63, 3.8) is 0 Å². The lowest BCUT2D eigenvalue weighted by molar-refractivity contribution is -0.143. The number of benzene rings is 2. The summed E-state index contributed by atoms with van der Waals surface area (Å²) in [5.74, 6) is -0.183. The second-order valence-corrected chi connectivity index (χ2v) is 7.43. The molecule has 0 aliphatic rings. The van der Waals surface area contributed by atoms with Gasteiger partial charge in [0.2, 0.25) is 0 Å². The van der Waals surface area contributed by atoms with Gasteiger partial charge in [0, 0.05) is 10.0 Å². The van der Waals surface area contributed by atoms with Crippen molar-refractivity contribution < 1.29 is 19.1 Å². The molecule has 0 fully saturated rings. The SMILES string of the molecule is CCOC(=O)Cn1c(=NC(=O)c2ccc(Br)cc2)sc2cccc(OC)c21. The number of ether oxygens (including phenoxy) is 2. The van der Waals surface area contributed by atoms with E-state index >= 15 is 0 Å². The maximum Gasteiger partial charge on any atom is 0.326 e. The highest BCUT2D eigenvalue weighted by molar-refractivity contribution is 9.10. The number of esters is 1. The van der Waals surface area contributed by atoms with Gasteiger partial charge < -0.3 is 14.0 Å². The van der Waals surface area contributed by atoms with Crippen LogP contribution >= 0.6 is 27.3 Å². The zero-order chi connectivity index (χ0) is 19.4. The molecule has 27 heavy (non-hydrogen) atoms. The fraction of sp³-hybridized carbons (Fsp3) is 0.211. The van der Waals surface area contributed by atoms with E-state index in [0.29, 0.717) is 21.6 Å². The molecule has 1 amide bonds. The van der Waals surface area contributed by atoms with Crippen LogP contribution in [0.5, 0.6) is 5.75 Å². The Morgan fingerprint density at radius 1 is 1.19 bits per heavy atom. The number of nitrogens with zero attached hydrogens (tertiary/aromatic N) is 2. The second kappa shape index (κ2) is 8.49. The second-order valence-electron chi connectivity index (χ2n) is 5.51. The van der Waals surface area contributed by atoms with Gasteiger partial charge in [0.15, 0.2) is 4.80 Å². The minimum absolute atomic E-state index is 0.0549. The van der Waals surface area contributed by atoms with Gasteiger partial charge in [-0.15, -0.1) is 0 Å². The summed E-state index contributed by atoms with van der Waals surface area (Å²) >= 11 is 4.66. The van der Waals surface area contributed by atoms with E-state index in [9.17, 15) is 9.59 Å². The number of rotatable bonds is 5. The van der Waals surface area contributed by atoms with Crippen LogP contribution in [-0.2, 0) is 16.1 Å². The Hall–Kier alpha value is -2.45. The van der Waals surface area contributed by atoms with Crippen molar-refractivity contribution in [2.24, 2.45) is 4.99 Å². The van der Waals surface area contributed by atoms with Crippen molar-refractivity contribution >= 4 is 49.4 Å². The molecular weight excluding hydrogens is 432 g/mol. The molecule has 0 unspecified atom stereocenters. The van der Waals surface area contributed by atoms with Gasteiger partial charge in [0.1, 0.15) is 17.8 Å². The van der Waals surface area contributed by atoms with E-state index in [1.807, 2.05) is 12.1 Å². The van der Waals surface area contributed by atoms with Crippen molar-refractivity contribution in [3.05, 3.63) is 57.3 Å². The highest BCUT2D eigenvalue weighted by atomic mass is 79.9. The minimum atomic E-state index is -0.402. The van der Waals surface area contributed by atoms with Crippen molar-refractivity contribution in [1.82, 2.24) is 4.57 Å². The van der Waals surface area contributed by atoms with E-state index in [0.717, 1.165) is 9.17 Å². The molecule has 0 spiro atoms. The number of methoxy groups -OCH3 is 1. The summed E-state index contributed by atoms with van der Waals surface area (Å²) in [5.41, 5.74) is 1.17. The van der Waals surface area contributed by atoms with E-state index in [2.05, 4.69) is 20.9 Å². The zero-order valence-electron chi connectivity index (χ0n) is 14.8. The lowest BCUT2D eigenvalue weighted by Crippen LogP contribution is -2.23. The molecule has 140 valence electrons. The van der Waals surface area contributed by atoms with E-state index in [4.69, 9.17) is 9.47 Å². The first kappa shape index (κ1) is 19.3.